The molecule has 1 aliphatic rings. The molecule has 96 valence electrons. The van der Waals surface area contributed by atoms with Crippen LogP contribution >= 0.6 is 0 Å². The van der Waals surface area contributed by atoms with Gasteiger partial charge in [0.05, 0.1) is 0 Å². The fourth-order valence-corrected chi connectivity index (χ4v) is 2.27. The first-order valence-corrected chi connectivity index (χ1v) is 6.21. The summed E-state index contributed by atoms with van der Waals surface area (Å²) >= 11 is 0. The maximum atomic E-state index is 12.4. The molecule has 0 unspecified atom stereocenters. The van der Waals surface area contributed by atoms with Gasteiger partial charge in [0, 0.05) is 19.3 Å². The minimum atomic E-state index is -0.0971. The van der Waals surface area contributed by atoms with Crippen LogP contribution in [0, 0.1) is 0 Å². The van der Waals surface area contributed by atoms with Crippen molar-refractivity contribution in [3.8, 4) is 0 Å². The molecular formula is C14H14N4O. The van der Waals surface area contributed by atoms with Gasteiger partial charge in [-0.1, -0.05) is 18.2 Å². The number of anilines is 2. The number of benzene rings is 1. The summed E-state index contributed by atoms with van der Waals surface area (Å²) in [7, 11) is 1.77. The second kappa shape index (κ2) is 4.68. The molecule has 3 rings (SSSR count). The predicted octanol–water partition coefficient (Wildman–Crippen LogP) is 1.72. The second-order valence-corrected chi connectivity index (χ2v) is 4.39. The minimum absolute atomic E-state index is 0.0971. The van der Waals surface area contributed by atoms with Gasteiger partial charge in [-0.15, -0.1) is 10.2 Å². The van der Waals surface area contributed by atoms with Gasteiger partial charge in [0.25, 0.3) is 5.91 Å². The van der Waals surface area contributed by atoms with E-state index in [-0.39, 0.29) is 5.91 Å². The van der Waals surface area contributed by atoms with Gasteiger partial charge in [-0.2, -0.15) is 0 Å². The van der Waals surface area contributed by atoms with Gasteiger partial charge in [-0.25, -0.2) is 0 Å². The number of hydrogen-bond acceptors (Lipinski definition) is 4. The lowest BCUT2D eigenvalue weighted by atomic mass is 10.2. The Labute approximate surface area is 111 Å². The van der Waals surface area contributed by atoms with Crippen molar-refractivity contribution in [2.75, 3.05) is 23.8 Å². The molecule has 0 aliphatic carbocycles. The molecule has 1 aliphatic heterocycles. The molecule has 0 radical (unpaired) electrons. The fraction of sp³-hybridized carbons (Fsp3) is 0.214. The quantitative estimate of drug-likeness (QED) is 0.886. The SMILES string of the molecule is CNc1ccc(C(=O)N2CCc3ccccc32)nn1. The lowest BCUT2D eigenvalue weighted by Crippen LogP contribution is -2.29. The summed E-state index contributed by atoms with van der Waals surface area (Å²) in [6, 6.07) is 11.4. The van der Waals surface area contributed by atoms with Crippen molar-refractivity contribution < 1.29 is 4.79 Å². The third-order valence-corrected chi connectivity index (χ3v) is 3.27. The number of carbonyl (C=O) groups excluding carboxylic acids is 1. The standard InChI is InChI=1S/C14H14N4O/c1-15-13-7-6-11(16-17-13)14(19)18-9-8-10-4-2-3-5-12(10)18/h2-7H,8-9H2,1H3,(H,15,17). The molecule has 5 heteroatoms. The van der Waals surface area contributed by atoms with E-state index >= 15 is 0 Å². The zero-order valence-corrected chi connectivity index (χ0v) is 10.6. The van der Waals surface area contributed by atoms with Crippen LogP contribution < -0.4 is 10.2 Å². The normalized spacial score (nSPS) is 13.2. The summed E-state index contributed by atoms with van der Waals surface area (Å²) < 4.78 is 0. The number of carbonyl (C=O) groups is 1. The Bertz CT molecular complexity index is 609. The van der Waals surface area contributed by atoms with Gasteiger partial charge in [-0.05, 0) is 30.2 Å². The number of amides is 1. The average Bonchev–Trinajstić information content (AvgIpc) is 2.90. The highest BCUT2D eigenvalue weighted by atomic mass is 16.2. The molecule has 0 fully saturated rings. The van der Waals surface area contributed by atoms with E-state index in [0.717, 1.165) is 12.1 Å². The first kappa shape index (κ1) is 11.6. The fourth-order valence-electron chi connectivity index (χ4n) is 2.27. The Morgan fingerprint density at radius 3 is 2.79 bits per heavy atom. The Balaban J connectivity index is 1.89. The topological polar surface area (TPSA) is 58.1 Å². The Morgan fingerprint density at radius 2 is 2.05 bits per heavy atom. The van der Waals surface area contributed by atoms with Gasteiger partial charge in [-0.3, -0.25) is 4.79 Å². The second-order valence-electron chi connectivity index (χ2n) is 4.39. The van der Waals surface area contributed by atoms with E-state index in [2.05, 4.69) is 21.6 Å². The monoisotopic (exact) mass is 254 g/mol. The van der Waals surface area contributed by atoms with Crippen LogP contribution in [0.3, 0.4) is 0 Å². The molecule has 0 saturated carbocycles. The molecule has 1 aromatic carbocycles. The summed E-state index contributed by atoms with van der Waals surface area (Å²) in [6.07, 6.45) is 0.893. The van der Waals surface area contributed by atoms with Crippen LogP contribution in [0.2, 0.25) is 0 Å². The molecule has 2 heterocycles. The number of fused-ring (bicyclic) bond motifs is 1. The first-order chi connectivity index (χ1) is 9.29. The van der Waals surface area contributed by atoms with E-state index in [1.807, 2.05) is 18.2 Å². The van der Waals surface area contributed by atoms with Gasteiger partial charge < -0.3 is 10.2 Å². The molecule has 0 atom stereocenters. The highest BCUT2D eigenvalue weighted by Gasteiger charge is 2.25. The molecule has 5 nitrogen and oxygen atoms in total. The van der Waals surface area contributed by atoms with Crippen molar-refractivity contribution in [3.05, 3.63) is 47.7 Å². The lowest BCUT2D eigenvalue weighted by Gasteiger charge is -2.16. The van der Waals surface area contributed by atoms with Crippen LogP contribution in [0.15, 0.2) is 36.4 Å². The zero-order chi connectivity index (χ0) is 13.2. The lowest BCUT2D eigenvalue weighted by molar-refractivity contribution is 0.0983. The smallest absolute Gasteiger partial charge is 0.278 e. The predicted molar refractivity (Wildman–Crippen MR) is 73.4 cm³/mol. The third kappa shape index (κ3) is 2.03. The molecule has 0 saturated heterocycles. The summed E-state index contributed by atoms with van der Waals surface area (Å²) in [5.41, 5.74) is 2.55. The van der Waals surface area contributed by atoms with Gasteiger partial charge in [0.2, 0.25) is 0 Å². The van der Waals surface area contributed by atoms with E-state index in [1.54, 1.807) is 24.1 Å². The number of rotatable bonds is 2. The molecule has 0 spiro atoms. The zero-order valence-electron chi connectivity index (χ0n) is 10.6. The van der Waals surface area contributed by atoms with Gasteiger partial charge in [0.1, 0.15) is 5.82 Å². The molecule has 1 aromatic heterocycles. The maximum absolute atomic E-state index is 12.4. The molecule has 1 amide bonds. The van der Waals surface area contributed by atoms with Crippen molar-refractivity contribution in [1.82, 2.24) is 10.2 Å². The molecule has 0 bridgehead atoms. The molecule has 2 aromatic rings. The van der Waals surface area contributed by atoms with Crippen LogP contribution in [0.5, 0.6) is 0 Å². The van der Waals surface area contributed by atoms with Crippen molar-refractivity contribution >= 4 is 17.4 Å². The maximum Gasteiger partial charge on any atom is 0.278 e. The van der Waals surface area contributed by atoms with Crippen LogP contribution in [0.4, 0.5) is 11.5 Å². The summed E-state index contributed by atoms with van der Waals surface area (Å²) in [4.78, 5) is 14.2. The van der Waals surface area contributed by atoms with E-state index in [4.69, 9.17) is 0 Å². The molecular weight excluding hydrogens is 240 g/mol. The summed E-state index contributed by atoms with van der Waals surface area (Å²) in [6.45, 7) is 0.702. The summed E-state index contributed by atoms with van der Waals surface area (Å²) in [5.74, 6) is 0.554. The first-order valence-electron chi connectivity index (χ1n) is 6.21. The highest BCUT2D eigenvalue weighted by Crippen LogP contribution is 2.28. The summed E-state index contributed by atoms with van der Waals surface area (Å²) in [5, 5.41) is 10.8. The van der Waals surface area contributed by atoms with E-state index in [0.29, 0.717) is 18.1 Å². The third-order valence-electron chi connectivity index (χ3n) is 3.27. The van der Waals surface area contributed by atoms with Crippen molar-refractivity contribution in [3.63, 3.8) is 0 Å². The van der Waals surface area contributed by atoms with Gasteiger partial charge >= 0.3 is 0 Å². The number of nitrogens with one attached hydrogen (secondary N) is 1. The highest BCUT2D eigenvalue weighted by molar-refractivity contribution is 6.05. The van der Waals surface area contributed by atoms with Crippen LogP contribution in [0.25, 0.3) is 0 Å². The minimum Gasteiger partial charge on any atom is -0.372 e. The van der Waals surface area contributed by atoms with E-state index < -0.39 is 0 Å². The van der Waals surface area contributed by atoms with Crippen LogP contribution in [-0.4, -0.2) is 29.7 Å². The van der Waals surface area contributed by atoms with Crippen molar-refractivity contribution in [2.24, 2.45) is 0 Å². The van der Waals surface area contributed by atoms with Gasteiger partial charge in [0.15, 0.2) is 5.69 Å². The van der Waals surface area contributed by atoms with E-state index in [1.165, 1.54) is 5.56 Å². The van der Waals surface area contributed by atoms with E-state index in [9.17, 15) is 4.79 Å². The largest absolute Gasteiger partial charge is 0.372 e. The number of hydrogen-bond donors (Lipinski definition) is 1. The Kier molecular flexibility index (Phi) is 2.87. The average molecular weight is 254 g/mol. The number of aromatic nitrogens is 2. The van der Waals surface area contributed by atoms with Crippen molar-refractivity contribution in [1.29, 1.82) is 0 Å². The number of para-hydroxylation sites is 1. The molecule has 1 N–H and O–H groups in total. The Hall–Kier alpha value is -2.43. The van der Waals surface area contributed by atoms with Crippen LogP contribution in [-0.2, 0) is 6.42 Å². The molecule has 19 heavy (non-hydrogen) atoms. The Morgan fingerprint density at radius 1 is 1.21 bits per heavy atom. The van der Waals surface area contributed by atoms with Crippen LogP contribution in [0.1, 0.15) is 16.1 Å². The number of nitrogens with zero attached hydrogens (tertiary/aromatic N) is 3. The van der Waals surface area contributed by atoms with Crippen molar-refractivity contribution in [2.45, 2.75) is 6.42 Å².